The monoisotopic (exact) mass is 292 g/mol. The maximum atomic E-state index is 11.7. The van der Waals surface area contributed by atoms with Crippen LogP contribution in [0.25, 0.3) is 0 Å². The lowest BCUT2D eigenvalue weighted by Gasteiger charge is -2.22. The van der Waals surface area contributed by atoms with E-state index in [4.69, 9.17) is 9.47 Å². The van der Waals surface area contributed by atoms with Crippen molar-refractivity contribution in [2.24, 2.45) is 5.92 Å². The van der Waals surface area contributed by atoms with Crippen LogP contribution in [-0.4, -0.2) is 32.4 Å². The van der Waals surface area contributed by atoms with Crippen LogP contribution in [0.3, 0.4) is 0 Å². The van der Waals surface area contributed by atoms with Gasteiger partial charge in [-0.1, -0.05) is 12.1 Å². The number of nitrogens with one attached hydrogen (secondary N) is 2. The van der Waals surface area contributed by atoms with Gasteiger partial charge in [-0.3, -0.25) is 5.32 Å². The zero-order valence-corrected chi connectivity index (χ0v) is 12.6. The van der Waals surface area contributed by atoms with Gasteiger partial charge in [-0.2, -0.15) is 0 Å². The van der Waals surface area contributed by atoms with E-state index >= 15 is 0 Å². The van der Waals surface area contributed by atoms with E-state index in [9.17, 15) is 4.79 Å². The van der Waals surface area contributed by atoms with E-state index in [-0.39, 0.29) is 6.09 Å². The van der Waals surface area contributed by atoms with E-state index in [2.05, 4.69) is 10.6 Å². The summed E-state index contributed by atoms with van der Waals surface area (Å²) in [6.45, 7) is 5.78. The summed E-state index contributed by atoms with van der Waals surface area (Å²) in [6, 6.07) is 7.61. The molecule has 0 atom stereocenters. The SMILES string of the molecule is CCOCc1ccc(NC(=O)OCC2CCNCC2)cc1. The van der Waals surface area contributed by atoms with Crippen LogP contribution >= 0.6 is 0 Å². The summed E-state index contributed by atoms with van der Waals surface area (Å²) in [4.78, 5) is 11.7. The lowest BCUT2D eigenvalue weighted by Crippen LogP contribution is -2.31. The minimum absolute atomic E-state index is 0.383. The van der Waals surface area contributed by atoms with Crippen molar-refractivity contribution >= 4 is 11.8 Å². The summed E-state index contributed by atoms with van der Waals surface area (Å²) < 4.78 is 10.6. The Morgan fingerprint density at radius 2 is 2.00 bits per heavy atom. The number of benzene rings is 1. The molecule has 1 aromatic rings. The Kier molecular flexibility index (Phi) is 6.50. The van der Waals surface area contributed by atoms with E-state index in [1.165, 1.54) is 0 Å². The molecule has 1 aliphatic heterocycles. The Labute approximate surface area is 126 Å². The highest BCUT2D eigenvalue weighted by Crippen LogP contribution is 2.13. The van der Waals surface area contributed by atoms with Crippen molar-refractivity contribution in [1.82, 2.24) is 5.32 Å². The van der Waals surface area contributed by atoms with Gasteiger partial charge in [0.05, 0.1) is 13.2 Å². The molecule has 21 heavy (non-hydrogen) atoms. The van der Waals surface area contributed by atoms with Crippen LogP contribution in [0.15, 0.2) is 24.3 Å². The highest BCUT2D eigenvalue weighted by Gasteiger charge is 2.15. The zero-order valence-electron chi connectivity index (χ0n) is 12.6. The molecule has 2 rings (SSSR count). The van der Waals surface area contributed by atoms with E-state index in [1.807, 2.05) is 31.2 Å². The van der Waals surface area contributed by atoms with E-state index in [1.54, 1.807) is 0 Å². The third-order valence-electron chi connectivity index (χ3n) is 3.58. The Balaban J connectivity index is 1.71. The molecule has 0 radical (unpaired) electrons. The second-order valence-electron chi connectivity index (χ2n) is 5.25. The van der Waals surface area contributed by atoms with Crippen LogP contribution in [0.2, 0.25) is 0 Å². The maximum Gasteiger partial charge on any atom is 0.411 e. The Hall–Kier alpha value is -1.59. The summed E-state index contributed by atoms with van der Waals surface area (Å²) in [5.41, 5.74) is 1.83. The van der Waals surface area contributed by atoms with E-state index < -0.39 is 0 Å². The van der Waals surface area contributed by atoms with Crippen molar-refractivity contribution in [1.29, 1.82) is 0 Å². The van der Waals surface area contributed by atoms with Crippen molar-refractivity contribution in [3.63, 3.8) is 0 Å². The molecule has 1 amide bonds. The fourth-order valence-corrected chi connectivity index (χ4v) is 2.30. The third kappa shape index (κ3) is 5.73. The summed E-state index contributed by atoms with van der Waals surface area (Å²) in [6.07, 6.45) is 1.75. The molecule has 0 aliphatic carbocycles. The molecule has 0 spiro atoms. The molecule has 0 saturated carbocycles. The first-order chi connectivity index (χ1) is 10.3. The minimum Gasteiger partial charge on any atom is -0.449 e. The molecule has 116 valence electrons. The topological polar surface area (TPSA) is 59.6 Å². The first-order valence-electron chi connectivity index (χ1n) is 7.59. The first-order valence-corrected chi connectivity index (χ1v) is 7.59. The molecule has 2 N–H and O–H groups in total. The predicted octanol–water partition coefficient (Wildman–Crippen LogP) is 2.77. The number of ether oxygens (including phenoxy) is 2. The molecule has 5 nitrogen and oxygen atoms in total. The average molecular weight is 292 g/mol. The Morgan fingerprint density at radius 1 is 1.29 bits per heavy atom. The number of hydrogen-bond acceptors (Lipinski definition) is 4. The lowest BCUT2D eigenvalue weighted by atomic mass is 9.99. The van der Waals surface area contributed by atoms with Crippen LogP contribution in [0.1, 0.15) is 25.3 Å². The number of amides is 1. The number of hydrogen-bond donors (Lipinski definition) is 2. The molecule has 1 aromatic carbocycles. The van der Waals surface area contributed by atoms with Crippen LogP contribution in [0.4, 0.5) is 10.5 Å². The van der Waals surface area contributed by atoms with Gasteiger partial charge >= 0.3 is 6.09 Å². The molecular weight excluding hydrogens is 268 g/mol. The van der Waals surface area contributed by atoms with Crippen LogP contribution in [0, 0.1) is 5.92 Å². The van der Waals surface area contributed by atoms with Gasteiger partial charge in [-0.25, -0.2) is 4.79 Å². The van der Waals surface area contributed by atoms with Crippen molar-refractivity contribution < 1.29 is 14.3 Å². The van der Waals surface area contributed by atoms with Gasteiger partial charge in [-0.15, -0.1) is 0 Å². The summed E-state index contributed by atoms with van der Waals surface area (Å²) in [5, 5.41) is 6.04. The van der Waals surface area contributed by atoms with Crippen molar-refractivity contribution in [2.75, 3.05) is 31.6 Å². The van der Waals surface area contributed by atoms with Gasteiger partial charge in [0.2, 0.25) is 0 Å². The number of carbonyl (C=O) groups is 1. The first kappa shape index (κ1) is 15.8. The number of carbonyl (C=O) groups excluding carboxylic acids is 1. The highest BCUT2D eigenvalue weighted by molar-refractivity contribution is 5.84. The number of anilines is 1. The van der Waals surface area contributed by atoms with E-state index in [0.29, 0.717) is 25.7 Å². The molecule has 0 unspecified atom stereocenters. The molecule has 1 saturated heterocycles. The summed E-state index contributed by atoms with van der Waals surface area (Å²) in [5.74, 6) is 0.477. The van der Waals surface area contributed by atoms with Crippen molar-refractivity contribution in [3.8, 4) is 0 Å². The number of rotatable bonds is 6. The molecule has 0 bridgehead atoms. The fourth-order valence-electron chi connectivity index (χ4n) is 2.30. The second kappa shape index (κ2) is 8.64. The number of piperidine rings is 1. The largest absolute Gasteiger partial charge is 0.449 e. The molecule has 5 heteroatoms. The van der Waals surface area contributed by atoms with Crippen LogP contribution in [-0.2, 0) is 16.1 Å². The van der Waals surface area contributed by atoms with E-state index in [0.717, 1.165) is 37.2 Å². The molecule has 1 heterocycles. The molecule has 1 aliphatic rings. The van der Waals surface area contributed by atoms with Crippen LogP contribution in [0.5, 0.6) is 0 Å². The third-order valence-corrected chi connectivity index (χ3v) is 3.58. The normalized spacial score (nSPS) is 15.7. The minimum atomic E-state index is -0.383. The molecule has 1 fully saturated rings. The standard InChI is InChI=1S/C16H24N2O3/c1-2-20-11-13-3-5-15(6-4-13)18-16(19)21-12-14-7-9-17-10-8-14/h3-6,14,17H,2,7-12H2,1H3,(H,18,19). The van der Waals surface area contributed by atoms with Gasteiger partial charge in [0, 0.05) is 12.3 Å². The van der Waals surface area contributed by atoms with Gasteiger partial charge in [-0.05, 0) is 56.5 Å². The van der Waals surface area contributed by atoms with Gasteiger partial charge < -0.3 is 14.8 Å². The quantitative estimate of drug-likeness (QED) is 0.846. The average Bonchev–Trinajstić information content (AvgIpc) is 2.53. The zero-order chi connectivity index (χ0) is 14.9. The summed E-state index contributed by atoms with van der Waals surface area (Å²) >= 11 is 0. The van der Waals surface area contributed by atoms with Gasteiger partial charge in [0.15, 0.2) is 0 Å². The van der Waals surface area contributed by atoms with Crippen molar-refractivity contribution in [3.05, 3.63) is 29.8 Å². The Bertz CT molecular complexity index is 428. The molecule has 0 aromatic heterocycles. The lowest BCUT2D eigenvalue weighted by molar-refractivity contribution is 0.131. The molecular formula is C16H24N2O3. The smallest absolute Gasteiger partial charge is 0.411 e. The highest BCUT2D eigenvalue weighted by atomic mass is 16.5. The predicted molar refractivity (Wildman–Crippen MR) is 82.3 cm³/mol. The van der Waals surface area contributed by atoms with Gasteiger partial charge in [0.25, 0.3) is 0 Å². The Morgan fingerprint density at radius 3 is 2.67 bits per heavy atom. The van der Waals surface area contributed by atoms with Gasteiger partial charge in [0.1, 0.15) is 0 Å². The fraction of sp³-hybridized carbons (Fsp3) is 0.562. The van der Waals surface area contributed by atoms with Crippen LogP contribution < -0.4 is 10.6 Å². The summed E-state index contributed by atoms with van der Waals surface area (Å²) in [7, 11) is 0. The maximum absolute atomic E-state index is 11.7. The second-order valence-corrected chi connectivity index (χ2v) is 5.25. The van der Waals surface area contributed by atoms with Crippen molar-refractivity contribution in [2.45, 2.75) is 26.4 Å².